The van der Waals surface area contributed by atoms with Gasteiger partial charge >= 0.3 is 5.97 Å². The highest BCUT2D eigenvalue weighted by molar-refractivity contribution is 6.17. The van der Waals surface area contributed by atoms with Crippen molar-refractivity contribution in [2.24, 2.45) is 0 Å². The van der Waals surface area contributed by atoms with Crippen molar-refractivity contribution in [2.45, 2.75) is 0 Å². The van der Waals surface area contributed by atoms with Gasteiger partial charge in [0.2, 0.25) is 0 Å². The molecule has 0 aliphatic carbocycles. The van der Waals surface area contributed by atoms with E-state index < -0.39 is 5.97 Å². The van der Waals surface area contributed by atoms with Crippen LogP contribution < -0.4 is 0 Å². The molecule has 0 aromatic rings. The largest absolute Gasteiger partial charge is 0.448 e. The number of hydrogen-bond acceptors (Lipinski definition) is 5. The summed E-state index contributed by atoms with van der Waals surface area (Å²) in [6, 6.07) is -0.146. The first-order chi connectivity index (χ1) is 6.81. The summed E-state index contributed by atoms with van der Waals surface area (Å²) < 4.78 is 19.2. The van der Waals surface area contributed by atoms with Gasteiger partial charge in [-0.15, -0.1) is 0 Å². The fourth-order valence-electron chi connectivity index (χ4n) is 0.620. The van der Waals surface area contributed by atoms with Crippen LogP contribution in [-0.2, 0) is 23.7 Å². The minimum atomic E-state index is -0.475. The summed E-state index contributed by atoms with van der Waals surface area (Å²) in [6.07, 6.45) is 0. The predicted octanol–water partition coefficient (Wildman–Crippen LogP) is 0.405. The molecule has 84 valence electrons. The molecule has 5 nitrogen and oxygen atoms in total. The van der Waals surface area contributed by atoms with Gasteiger partial charge < -0.3 is 18.9 Å². The van der Waals surface area contributed by atoms with E-state index in [9.17, 15) is 4.79 Å². The molecular formula is C8H15ClO5. The molecule has 0 unspecified atom stereocenters. The van der Waals surface area contributed by atoms with Crippen LogP contribution in [0.15, 0.2) is 0 Å². The van der Waals surface area contributed by atoms with Crippen molar-refractivity contribution in [3.05, 3.63) is 0 Å². The van der Waals surface area contributed by atoms with Crippen LogP contribution in [0.4, 0.5) is 0 Å². The van der Waals surface area contributed by atoms with Gasteiger partial charge in [0.1, 0.15) is 6.61 Å². The van der Waals surface area contributed by atoms with Crippen molar-refractivity contribution in [1.82, 2.24) is 0 Å². The molecular weight excluding hydrogens is 212 g/mol. The zero-order valence-corrected chi connectivity index (χ0v) is 8.92. The first-order valence-corrected chi connectivity index (χ1v) is 4.70. The summed E-state index contributed by atoms with van der Waals surface area (Å²) in [5.41, 5.74) is 0. The smallest absolute Gasteiger partial charge is 0.333 e. The summed E-state index contributed by atoms with van der Waals surface area (Å²) in [5, 5.41) is 0. The summed E-state index contributed by atoms with van der Waals surface area (Å²) >= 11 is 5.16. The molecule has 0 radical (unpaired) electrons. The van der Waals surface area contributed by atoms with Gasteiger partial charge in [0, 0.05) is 7.11 Å². The Labute approximate surface area is 88.2 Å². The maximum atomic E-state index is 10.7. The summed E-state index contributed by atoms with van der Waals surface area (Å²) in [4.78, 5) is 10.7. The minimum Gasteiger partial charge on any atom is -0.448 e. The lowest BCUT2D eigenvalue weighted by Gasteiger charge is -2.04. The quantitative estimate of drug-likeness (QED) is 0.324. The van der Waals surface area contributed by atoms with Crippen molar-refractivity contribution in [3.8, 4) is 0 Å². The maximum Gasteiger partial charge on any atom is 0.333 e. The van der Waals surface area contributed by atoms with Crippen molar-refractivity contribution in [3.63, 3.8) is 0 Å². The van der Waals surface area contributed by atoms with E-state index in [1.54, 1.807) is 7.11 Å². The third-order valence-corrected chi connectivity index (χ3v) is 1.35. The molecule has 0 rings (SSSR count). The fraction of sp³-hybridized carbons (Fsp3) is 0.875. The molecule has 0 fully saturated rings. The zero-order valence-electron chi connectivity index (χ0n) is 8.16. The molecule has 14 heavy (non-hydrogen) atoms. The first-order valence-electron chi connectivity index (χ1n) is 4.17. The average Bonchev–Trinajstić information content (AvgIpc) is 2.17. The Bertz CT molecular complexity index is 142. The van der Waals surface area contributed by atoms with Crippen LogP contribution in [-0.4, -0.2) is 52.2 Å². The molecule has 0 aromatic carbocycles. The summed E-state index contributed by atoms with van der Waals surface area (Å²) in [5.74, 6) is -0.475. The number of alkyl halides is 1. The van der Waals surface area contributed by atoms with Crippen LogP contribution in [0.5, 0.6) is 0 Å². The second-order valence-electron chi connectivity index (χ2n) is 2.28. The number of ether oxygens (including phenoxy) is 4. The van der Waals surface area contributed by atoms with Crippen molar-refractivity contribution in [1.29, 1.82) is 0 Å². The Balaban J connectivity index is 3.01. The van der Waals surface area contributed by atoms with Gasteiger partial charge in [-0.3, -0.25) is 0 Å². The fourth-order valence-corrected chi connectivity index (χ4v) is 0.742. The van der Waals surface area contributed by atoms with E-state index in [1.165, 1.54) is 0 Å². The first kappa shape index (κ1) is 13.6. The Hall–Kier alpha value is -0.360. The predicted molar refractivity (Wildman–Crippen MR) is 50.3 cm³/mol. The lowest BCUT2D eigenvalue weighted by molar-refractivity contribution is -0.147. The van der Waals surface area contributed by atoms with E-state index in [0.29, 0.717) is 26.4 Å². The summed E-state index contributed by atoms with van der Waals surface area (Å²) in [7, 11) is 1.60. The molecule has 0 saturated heterocycles. The normalized spacial score (nSPS) is 10.1. The molecule has 0 heterocycles. The van der Waals surface area contributed by atoms with Crippen LogP contribution in [0.25, 0.3) is 0 Å². The standard InChI is InChI=1S/C8H15ClO5/c1-11-2-3-12-4-5-13-6-8(10)14-7-9/h2-7H2,1H3. The van der Waals surface area contributed by atoms with E-state index in [1.807, 2.05) is 0 Å². The van der Waals surface area contributed by atoms with Gasteiger partial charge in [-0.25, -0.2) is 4.79 Å². The van der Waals surface area contributed by atoms with Gasteiger partial charge in [-0.1, -0.05) is 11.6 Å². The van der Waals surface area contributed by atoms with E-state index in [0.717, 1.165) is 0 Å². The molecule has 0 atom stereocenters. The topological polar surface area (TPSA) is 54.0 Å². The number of halogens is 1. The number of hydrogen-bond donors (Lipinski definition) is 0. The third-order valence-electron chi connectivity index (χ3n) is 1.24. The van der Waals surface area contributed by atoms with Crippen molar-refractivity contribution < 1.29 is 23.7 Å². The van der Waals surface area contributed by atoms with E-state index in [-0.39, 0.29) is 12.7 Å². The summed E-state index contributed by atoms with van der Waals surface area (Å²) in [6.45, 7) is 1.75. The molecule has 0 saturated carbocycles. The highest BCUT2D eigenvalue weighted by Crippen LogP contribution is 1.85. The third kappa shape index (κ3) is 9.73. The number of rotatable bonds is 9. The average molecular weight is 227 g/mol. The molecule has 0 aromatic heterocycles. The molecule has 6 heteroatoms. The number of carbonyl (C=O) groups excluding carboxylic acids is 1. The Morgan fingerprint density at radius 1 is 1.14 bits per heavy atom. The number of methoxy groups -OCH3 is 1. The van der Waals surface area contributed by atoms with Gasteiger partial charge in [-0.2, -0.15) is 0 Å². The lowest BCUT2D eigenvalue weighted by atomic mass is 10.7. The van der Waals surface area contributed by atoms with Gasteiger partial charge in [0.25, 0.3) is 0 Å². The SMILES string of the molecule is COCCOCCOCC(=O)OCCl. The number of esters is 1. The monoisotopic (exact) mass is 226 g/mol. The highest BCUT2D eigenvalue weighted by atomic mass is 35.5. The molecule has 0 aliphatic rings. The minimum absolute atomic E-state index is 0.0969. The molecule has 0 bridgehead atoms. The molecule has 0 amide bonds. The molecule has 0 N–H and O–H groups in total. The molecule has 0 aliphatic heterocycles. The van der Waals surface area contributed by atoms with Crippen LogP contribution >= 0.6 is 11.6 Å². The Morgan fingerprint density at radius 2 is 1.79 bits per heavy atom. The van der Waals surface area contributed by atoms with Crippen molar-refractivity contribution in [2.75, 3.05) is 46.2 Å². The van der Waals surface area contributed by atoms with Gasteiger partial charge in [0.15, 0.2) is 6.07 Å². The zero-order chi connectivity index (χ0) is 10.6. The maximum absolute atomic E-state index is 10.7. The van der Waals surface area contributed by atoms with Crippen LogP contribution in [0.1, 0.15) is 0 Å². The number of carbonyl (C=O) groups is 1. The van der Waals surface area contributed by atoms with E-state index in [4.69, 9.17) is 25.8 Å². The van der Waals surface area contributed by atoms with Crippen LogP contribution in [0, 0.1) is 0 Å². The second kappa shape index (κ2) is 10.7. The lowest BCUT2D eigenvalue weighted by Crippen LogP contribution is -2.15. The van der Waals surface area contributed by atoms with Crippen LogP contribution in [0.3, 0.4) is 0 Å². The Kier molecular flexibility index (Phi) is 10.4. The van der Waals surface area contributed by atoms with Gasteiger partial charge in [-0.05, 0) is 0 Å². The van der Waals surface area contributed by atoms with Crippen molar-refractivity contribution >= 4 is 17.6 Å². The highest BCUT2D eigenvalue weighted by Gasteiger charge is 2.00. The second-order valence-corrected chi connectivity index (χ2v) is 2.50. The van der Waals surface area contributed by atoms with E-state index >= 15 is 0 Å². The molecule has 0 spiro atoms. The van der Waals surface area contributed by atoms with Crippen LogP contribution in [0.2, 0.25) is 0 Å². The Morgan fingerprint density at radius 3 is 2.43 bits per heavy atom. The van der Waals surface area contributed by atoms with Gasteiger partial charge in [0.05, 0.1) is 26.4 Å². The van der Waals surface area contributed by atoms with E-state index in [2.05, 4.69) is 4.74 Å².